The fourth-order valence-electron chi connectivity index (χ4n) is 1.08. The molecule has 0 radical (unpaired) electrons. The molecule has 2 unspecified atom stereocenters. The molecule has 1 N–H and O–H groups in total. The maximum Gasteiger partial charge on any atom is 0.00667 e. The van der Waals surface area contributed by atoms with Crippen molar-refractivity contribution in [1.82, 2.24) is 5.32 Å². The molecular weight excluding hydrogens is 134 g/mol. The Hall–Kier alpha value is -0.0400. The van der Waals surface area contributed by atoms with E-state index in [0.29, 0.717) is 12.1 Å². The number of rotatable bonds is 5. The summed E-state index contributed by atoms with van der Waals surface area (Å²) in [4.78, 5) is 0. The summed E-state index contributed by atoms with van der Waals surface area (Å²) in [6.45, 7) is 11.3. The molecule has 0 saturated carbocycles. The molecule has 0 aliphatic rings. The summed E-state index contributed by atoms with van der Waals surface area (Å²) in [7, 11) is 0. The zero-order valence-corrected chi connectivity index (χ0v) is 8.65. The Balaban J connectivity index is 3.58. The van der Waals surface area contributed by atoms with Crippen LogP contribution in [0.4, 0.5) is 0 Å². The predicted octanol–water partition coefficient (Wildman–Crippen LogP) is 2.81. The maximum atomic E-state index is 3.58. The third-order valence-corrected chi connectivity index (χ3v) is 2.66. The van der Waals surface area contributed by atoms with Crippen LogP contribution in [0.15, 0.2) is 0 Å². The van der Waals surface area contributed by atoms with Crippen LogP contribution in [0, 0.1) is 5.92 Å². The maximum absolute atomic E-state index is 3.58. The van der Waals surface area contributed by atoms with Gasteiger partial charge in [0.25, 0.3) is 0 Å². The van der Waals surface area contributed by atoms with Crippen LogP contribution in [0.25, 0.3) is 0 Å². The van der Waals surface area contributed by atoms with Crippen molar-refractivity contribution in [2.45, 2.75) is 59.5 Å². The zero-order chi connectivity index (χ0) is 8.85. The molecule has 0 heterocycles. The van der Waals surface area contributed by atoms with E-state index in [9.17, 15) is 0 Å². The first kappa shape index (κ1) is 11.0. The van der Waals surface area contributed by atoms with E-state index in [1.54, 1.807) is 0 Å². The highest BCUT2D eigenvalue weighted by atomic mass is 14.9. The molecule has 3 atom stereocenters. The number of hydrogen-bond donors (Lipinski definition) is 1. The molecule has 0 aromatic heterocycles. The molecule has 0 aliphatic heterocycles. The molecule has 1 heteroatoms. The first-order chi connectivity index (χ1) is 5.11. The second-order valence-electron chi connectivity index (χ2n) is 3.65. The summed E-state index contributed by atoms with van der Waals surface area (Å²) < 4.78 is 0. The Kier molecular flexibility index (Phi) is 5.57. The largest absolute Gasteiger partial charge is 0.312 e. The van der Waals surface area contributed by atoms with Gasteiger partial charge < -0.3 is 5.32 Å². The Morgan fingerprint density at radius 1 is 1.00 bits per heavy atom. The minimum atomic E-state index is 0.662. The molecule has 0 aromatic carbocycles. The van der Waals surface area contributed by atoms with Crippen molar-refractivity contribution in [1.29, 1.82) is 0 Å². The van der Waals surface area contributed by atoms with Gasteiger partial charge in [0.2, 0.25) is 0 Å². The van der Waals surface area contributed by atoms with Gasteiger partial charge in [0.1, 0.15) is 0 Å². The van der Waals surface area contributed by atoms with Gasteiger partial charge in [-0.3, -0.25) is 0 Å². The first-order valence-corrected chi connectivity index (χ1v) is 4.87. The van der Waals surface area contributed by atoms with Crippen molar-refractivity contribution in [3.63, 3.8) is 0 Å². The fraction of sp³-hybridized carbons (Fsp3) is 1.00. The van der Waals surface area contributed by atoms with Crippen LogP contribution in [0.3, 0.4) is 0 Å². The van der Waals surface area contributed by atoms with Gasteiger partial charge >= 0.3 is 0 Å². The molecule has 0 rings (SSSR count). The Morgan fingerprint density at radius 3 is 1.91 bits per heavy atom. The van der Waals surface area contributed by atoms with E-state index in [1.807, 2.05) is 0 Å². The van der Waals surface area contributed by atoms with Crippen LogP contribution in [-0.4, -0.2) is 12.1 Å². The summed E-state index contributed by atoms with van der Waals surface area (Å²) in [6.07, 6.45) is 2.49. The smallest absolute Gasteiger partial charge is 0.00667 e. The topological polar surface area (TPSA) is 12.0 Å². The highest BCUT2D eigenvalue weighted by molar-refractivity contribution is 4.70. The molecule has 68 valence electrons. The standard InChI is InChI=1S/C10H23N/c1-6-8(3)10(5)11-9(4)7-2/h8-11H,6-7H2,1-5H3/t8?,9-,10?/m0/s1. The third kappa shape index (κ3) is 4.41. The van der Waals surface area contributed by atoms with Gasteiger partial charge in [-0.2, -0.15) is 0 Å². The summed E-state index contributed by atoms with van der Waals surface area (Å²) in [5, 5.41) is 3.58. The second-order valence-corrected chi connectivity index (χ2v) is 3.65. The average Bonchev–Trinajstić information content (AvgIpc) is 2.02. The van der Waals surface area contributed by atoms with Crippen LogP contribution in [0.2, 0.25) is 0 Å². The molecule has 0 saturated heterocycles. The van der Waals surface area contributed by atoms with E-state index in [4.69, 9.17) is 0 Å². The van der Waals surface area contributed by atoms with Crippen LogP contribution in [-0.2, 0) is 0 Å². The van der Waals surface area contributed by atoms with E-state index in [0.717, 1.165) is 5.92 Å². The van der Waals surface area contributed by atoms with Gasteiger partial charge in [-0.1, -0.05) is 27.2 Å². The molecule has 11 heavy (non-hydrogen) atoms. The molecular formula is C10H23N. The SMILES string of the molecule is CCC(C)C(C)N[C@@H](C)CC. The van der Waals surface area contributed by atoms with Gasteiger partial charge in [0, 0.05) is 12.1 Å². The van der Waals surface area contributed by atoms with E-state index in [2.05, 4.69) is 39.9 Å². The second kappa shape index (κ2) is 5.59. The molecule has 0 spiro atoms. The van der Waals surface area contributed by atoms with Crippen molar-refractivity contribution < 1.29 is 0 Å². The summed E-state index contributed by atoms with van der Waals surface area (Å²) in [6, 6.07) is 1.33. The van der Waals surface area contributed by atoms with E-state index < -0.39 is 0 Å². The van der Waals surface area contributed by atoms with Gasteiger partial charge in [-0.25, -0.2) is 0 Å². The van der Waals surface area contributed by atoms with E-state index in [1.165, 1.54) is 12.8 Å². The monoisotopic (exact) mass is 157 g/mol. The highest BCUT2D eigenvalue weighted by Crippen LogP contribution is 2.07. The molecule has 0 bridgehead atoms. The van der Waals surface area contributed by atoms with Crippen molar-refractivity contribution in [2.75, 3.05) is 0 Å². The highest BCUT2D eigenvalue weighted by Gasteiger charge is 2.10. The van der Waals surface area contributed by atoms with Gasteiger partial charge in [-0.15, -0.1) is 0 Å². The van der Waals surface area contributed by atoms with E-state index >= 15 is 0 Å². The number of nitrogens with one attached hydrogen (secondary N) is 1. The quantitative estimate of drug-likeness (QED) is 0.647. The number of hydrogen-bond acceptors (Lipinski definition) is 1. The van der Waals surface area contributed by atoms with Crippen LogP contribution < -0.4 is 5.32 Å². The fourth-order valence-corrected chi connectivity index (χ4v) is 1.08. The van der Waals surface area contributed by atoms with E-state index in [-0.39, 0.29) is 0 Å². The zero-order valence-electron chi connectivity index (χ0n) is 8.65. The molecule has 0 aromatic rings. The third-order valence-electron chi connectivity index (χ3n) is 2.66. The molecule has 0 aliphatic carbocycles. The summed E-state index contributed by atoms with van der Waals surface area (Å²) in [5.74, 6) is 0.795. The van der Waals surface area contributed by atoms with Crippen LogP contribution in [0.1, 0.15) is 47.5 Å². The molecule has 0 fully saturated rings. The van der Waals surface area contributed by atoms with Crippen molar-refractivity contribution in [3.8, 4) is 0 Å². The first-order valence-electron chi connectivity index (χ1n) is 4.87. The van der Waals surface area contributed by atoms with Crippen LogP contribution in [0.5, 0.6) is 0 Å². The van der Waals surface area contributed by atoms with Crippen molar-refractivity contribution in [3.05, 3.63) is 0 Å². The Morgan fingerprint density at radius 2 is 1.55 bits per heavy atom. The van der Waals surface area contributed by atoms with Crippen LogP contribution >= 0.6 is 0 Å². The lowest BCUT2D eigenvalue weighted by atomic mass is 10.00. The predicted molar refractivity (Wildman–Crippen MR) is 51.8 cm³/mol. The summed E-state index contributed by atoms with van der Waals surface area (Å²) in [5.41, 5.74) is 0. The lowest BCUT2D eigenvalue weighted by molar-refractivity contribution is 0.352. The Bertz CT molecular complexity index is 90.9. The van der Waals surface area contributed by atoms with Gasteiger partial charge in [0.05, 0.1) is 0 Å². The average molecular weight is 157 g/mol. The Labute approximate surface area is 71.6 Å². The minimum Gasteiger partial charge on any atom is -0.312 e. The lowest BCUT2D eigenvalue weighted by Gasteiger charge is -2.23. The normalized spacial score (nSPS) is 19.4. The lowest BCUT2D eigenvalue weighted by Crippen LogP contribution is -2.38. The molecule has 1 nitrogen and oxygen atoms in total. The summed E-state index contributed by atoms with van der Waals surface area (Å²) >= 11 is 0. The van der Waals surface area contributed by atoms with Gasteiger partial charge in [0.15, 0.2) is 0 Å². The minimum absolute atomic E-state index is 0.662. The van der Waals surface area contributed by atoms with Gasteiger partial charge in [-0.05, 0) is 26.2 Å². The van der Waals surface area contributed by atoms with Crippen molar-refractivity contribution >= 4 is 0 Å². The molecule has 0 amide bonds. The van der Waals surface area contributed by atoms with Crippen molar-refractivity contribution in [2.24, 2.45) is 5.92 Å².